The fourth-order valence-corrected chi connectivity index (χ4v) is 5.51. The number of benzene rings is 3. The van der Waals surface area contributed by atoms with E-state index in [1.165, 1.54) is 29.2 Å². The van der Waals surface area contributed by atoms with Crippen molar-refractivity contribution in [3.05, 3.63) is 124 Å². The van der Waals surface area contributed by atoms with Crippen molar-refractivity contribution in [1.82, 2.24) is 10.3 Å². The molecule has 0 bridgehead atoms. The third-order valence-electron chi connectivity index (χ3n) is 6.03. The number of carbonyl (C=O) groups excluding carboxylic acids is 3. The highest BCUT2D eigenvalue weighted by Crippen LogP contribution is 2.27. The van der Waals surface area contributed by atoms with Crippen LogP contribution in [0.5, 0.6) is 0 Å². The summed E-state index contributed by atoms with van der Waals surface area (Å²) in [6.45, 7) is 1.81. The lowest BCUT2D eigenvalue weighted by Gasteiger charge is -2.13. The summed E-state index contributed by atoms with van der Waals surface area (Å²) in [5.41, 5.74) is 1.81. The van der Waals surface area contributed by atoms with Crippen molar-refractivity contribution in [2.24, 2.45) is 0 Å². The van der Waals surface area contributed by atoms with E-state index >= 15 is 0 Å². The van der Waals surface area contributed by atoms with Crippen molar-refractivity contribution in [2.45, 2.75) is 17.1 Å². The second-order valence-electron chi connectivity index (χ2n) is 9.15. The van der Waals surface area contributed by atoms with E-state index < -0.39 is 11.8 Å². The first-order valence-corrected chi connectivity index (χ1v) is 15.6. The van der Waals surface area contributed by atoms with Crippen LogP contribution in [0.4, 0.5) is 10.8 Å². The summed E-state index contributed by atoms with van der Waals surface area (Å²) < 4.78 is 6.92. The number of carbonyl (C=O) groups is 3. The predicted octanol–water partition coefficient (Wildman–Crippen LogP) is 7.69. The molecule has 0 aliphatic heterocycles. The maximum atomic E-state index is 13.4. The Labute approximate surface area is 264 Å². The van der Waals surface area contributed by atoms with Crippen LogP contribution in [0.25, 0.3) is 17.4 Å². The molecule has 1 atom stereocenters. The van der Waals surface area contributed by atoms with Gasteiger partial charge in [0.05, 0.1) is 5.25 Å². The molecule has 0 fully saturated rings. The first-order chi connectivity index (χ1) is 20.8. The summed E-state index contributed by atoms with van der Waals surface area (Å²) in [6.07, 6.45) is 3.13. The van der Waals surface area contributed by atoms with Crippen molar-refractivity contribution in [1.29, 1.82) is 0 Å². The molecule has 5 aromatic rings. The van der Waals surface area contributed by atoms with Crippen molar-refractivity contribution in [3.63, 3.8) is 0 Å². The summed E-state index contributed by atoms with van der Waals surface area (Å²) in [5.74, 6) is -0.0906. The lowest BCUT2D eigenvalue weighted by atomic mass is 10.2. The molecule has 0 aliphatic carbocycles. The molecule has 0 radical (unpaired) electrons. The second kappa shape index (κ2) is 14.1. The van der Waals surface area contributed by atoms with E-state index in [9.17, 15) is 14.4 Å². The van der Waals surface area contributed by atoms with Gasteiger partial charge in [0.2, 0.25) is 5.91 Å². The van der Waals surface area contributed by atoms with E-state index in [1.54, 1.807) is 60.1 Å². The number of nitrogens with zero attached hydrogens (tertiary/aromatic N) is 1. The average molecular weight is 674 g/mol. The van der Waals surface area contributed by atoms with Crippen LogP contribution in [-0.2, 0) is 9.59 Å². The Bertz CT molecular complexity index is 1740. The Morgan fingerprint density at radius 3 is 2.37 bits per heavy atom. The number of amides is 3. The number of hydrogen-bond acceptors (Lipinski definition) is 7. The molecule has 8 nitrogen and oxygen atoms in total. The normalized spacial score (nSPS) is 11.9. The molecule has 3 N–H and O–H groups in total. The highest BCUT2D eigenvalue weighted by molar-refractivity contribution is 9.10. The molecule has 216 valence electrons. The highest BCUT2D eigenvalue weighted by Gasteiger charge is 2.18. The molecule has 3 aromatic carbocycles. The third-order valence-corrected chi connectivity index (χ3v) is 8.36. The minimum atomic E-state index is -0.525. The Kier molecular flexibility index (Phi) is 9.88. The van der Waals surface area contributed by atoms with Crippen LogP contribution < -0.4 is 16.0 Å². The number of halogens is 1. The van der Waals surface area contributed by atoms with Gasteiger partial charge in [-0.05, 0) is 67.6 Å². The van der Waals surface area contributed by atoms with Gasteiger partial charge < -0.3 is 20.4 Å². The number of thioether (sulfide) groups is 1. The van der Waals surface area contributed by atoms with E-state index in [1.807, 2.05) is 49.4 Å². The fourth-order valence-electron chi connectivity index (χ4n) is 3.85. The van der Waals surface area contributed by atoms with Gasteiger partial charge in [-0.15, -0.1) is 23.1 Å². The van der Waals surface area contributed by atoms with E-state index in [0.29, 0.717) is 27.9 Å². The quantitative estimate of drug-likeness (QED) is 0.104. The monoisotopic (exact) mass is 672 g/mol. The zero-order chi connectivity index (χ0) is 30.2. The van der Waals surface area contributed by atoms with E-state index in [2.05, 4.69) is 36.9 Å². The number of hydrogen-bond donors (Lipinski definition) is 3. The van der Waals surface area contributed by atoms with Gasteiger partial charge >= 0.3 is 0 Å². The van der Waals surface area contributed by atoms with Crippen molar-refractivity contribution in [2.75, 3.05) is 10.6 Å². The maximum Gasteiger partial charge on any atom is 0.272 e. The average Bonchev–Trinajstić information content (AvgIpc) is 3.71. The third kappa shape index (κ3) is 8.31. The Balaban J connectivity index is 1.30. The Hall–Kier alpha value is -4.45. The van der Waals surface area contributed by atoms with Gasteiger partial charge in [0.1, 0.15) is 17.2 Å². The molecule has 3 amide bonds. The molecule has 0 saturated heterocycles. The van der Waals surface area contributed by atoms with Crippen LogP contribution in [0, 0.1) is 0 Å². The van der Waals surface area contributed by atoms with Gasteiger partial charge in [-0.3, -0.25) is 14.4 Å². The van der Waals surface area contributed by atoms with Crippen LogP contribution >= 0.6 is 39.0 Å². The van der Waals surface area contributed by atoms with Crippen LogP contribution in [0.3, 0.4) is 0 Å². The van der Waals surface area contributed by atoms with Gasteiger partial charge in [0.25, 0.3) is 11.8 Å². The van der Waals surface area contributed by atoms with Gasteiger partial charge in [0, 0.05) is 43.8 Å². The van der Waals surface area contributed by atoms with Gasteiger partial charge in [-0.1, -0.05) is 46.3 Å². The molecule has 0 spiro atoms. The smallest absolute Gasteiger partial charge is 0.272 e. The summed E-state index contributed by atoms with van der Waals surface area (Å²) >= 11 is 6.17. The van der Waals surface area contributed by atoms with Crippen molar-refractivity contribution < 1.29 is 18.8 Å². The lowest BCUT2D eigenvalue weighted by molar-refractivity contribution is -0.115. The number of aromatic nitrogens is 1. The fraction of sp³-hybridized carbons (Fsp3) is 0.0625. The second-order valence-corrected chi connectivity index (χ2v) is 12.4. The lowest BCUT2D eigenvalue weighted by Crippen LogP contribution is -2.30. The molecule has 2 aromatic heterocycles. The van der Waals surface area contributed by atoms with Gasteiger partial charge in [0.15, 0.2) is 5.13 Å². The molecule has 43 heavy (non-hydrogen) atoms. The van der Waals surface area contributed by atoms with E-state index in [4.69, 9.17) is 4.42 Å². The molecular weight excluding hydrogens is 648 g/mol. The minimum absolute atomic E-state index is 0.0106. The Morgan fingerprint density at radius 2 is 1.67 bits per heavy atom. The first kappa shape index (κ1) is 30.0. The minimum Gasteiger partial charge on any atom is -0.457 e. The molecule has 2 heterocycles. The summed E-state index contributed by atoms with van der Waals surface area (Å²) in [4.78, 5) is 43.7. The standard InChI is InChI=1S/C32H25BrN4O4S2/c1-20(29(38)37-32-34-17-18-42-32)43-26-14-11-24(12-15-26)35-31(40)27(36-30(39)22-5-3-2-4-6-22)19-25-13-16-28(41-25)21-7-9-23(33)10-8-21/h2-20H,1H3,(H,35,40)(H,36,39)(H,34,37,38). The number of rotatable bonds is 10. The topological polar surface area (TPSA) is 113 Å². The zero-order valence-electron chi connectivity index (χ0n) is 22.7. The maximum absolute atomic E-state index is 13.4. The first-order valence-electron chi connectivity index (χ1n) is 13.1. The zero-order valence-corrected chi connectivity index (χ0v) is 26.0. The summed E-state index contributed by atoms with van der Waals surface area (Å²) in [5, 5.41) is 10.3. The van der Waals surface area contributed by atoms with Crippen molar-refractivity contribution >= 4 is 73.6 Å². The van der Waals surface area contributed by atoms with Crippen LogP contribution in [-0.4, -0.2) is 28.0 Å². The molecule has 1 unspecified atom stereocenters. The number of nitrogens with one attached hydrogen (secondary N) is 3. The summed E-state index contributed by atoms with van der Waals surface area (Å²) in [7, 11) is 0. The number of thiazole rings is 1. The number of anilines is 2. The van der Waals surface area contributed by atoms with Crippen molar-refractivity contribution in [3.8, 4) is 11.3 Å². The van der Waals surface area contributed by atoms with E-state index in [0.717, 1.165) is 14.9 Å². The van der Waals surface area contributed by atoms with E-state index in [-0.39, 0.29) is 16.9 Å². The molecule has 5 rings (SSSR count). The van der Waals surface area contributed by atoms with Crippen LogP contribution in [0.1, 0.15) is 23.0 Å². The Morgan fingerprint density at radius 1 is 0.930 bits per heavy atom. The van der Waals surface area contributed by atoms with Crippen LogP contribution in [0.2, 0.25) is 0 Å². The predicted molar refractivity (Wildman–Crippen MR) is 175 cm³/mol. The van der Waals surface area contributed by atoms with Gasteiger partial charge in [-0.25, -0.2) is 4.98 Å². The molecule has 0 aliphatic rings. The van der Waals surface area contributed by atoms with Crippen LogP contribution in [0.15, 0.2) is 122 Å². The summed E-state index contributed by atoms with van der Waals surface area (Å²) in [6, 6.07) is 26.9. The van der Waals surface area contributed by atoms with Gasteiger partial charge in [-0.2, -0.15) is 0 Å². The number of furan rings is 1. The largest absolute Gasteiger partial charge is 0.457 e. The SMILES string of the molecule is CC(Sc1ccc(NC(=O)C(=Cc2ccc(-c3ccc(Br)cc3)o2)NC(=O)c2ccccc2)cc1)C(=O)Nc1nccs1. The molecule has 0 saturated carbocycles. The molecular formula is C32H25BrN4O4S2. The molecule has 11 heteroatoms. The highest BCUT2D eigenvalue weighted by atomic mass is 79.9.